The Morgan fingerprint density at radius 3 is 1.78 bits per heavy atom. The largest absolute Gasteiger partial charge is 0.490 e. The van der Waals surface area contributed by atoms with Gasteiger partial charge in [0.05, 0.1) is 11.1 Å². The van der Waals surface area contributed by atoms with Gasteiger partial charge in [0.25, 0.3) is 0 Å². The summed E-state index contributed by atoms with van der Waals surface area (Å²) >= 11 is 0. The van der Waals surface area contributed by atoms with Crippen molar-refractivity contribution >= 4 is 45.1 Å². The van der Waals surface area contributed by atoms with Crippen molar-refractivity contribution < 1.29 is 31.5 Å². The highest BCUT2D eigenvalue weighted by atomic mass is 32.2. The van der Waals surface area contributed by atoms with Crippen LogP contribution in [0.1, 0.15) is 16.7 Å². The predicted molar refractivity (Wildman–Crippen MR) is 116 cm³/mol. The SMILES string of the molecule is N/N=C\c1ccc2cc(/C=C/c3ccc(S(N)(=O)=O)cc3)ccc2c1.O=C(O)C(F)(F)F. The number of carboxylic acid groups (broad SMARTS) is 1. The second kappa shape index (κ2) is 10.1. The molecule has 0 heterocycles. The molecule has 0 saturated heterocycles. The van der Waals surface area contributed by atoms with Gasteiger partial charge in [0.15, 0.2) is 0 Å². The predicted octanol–water partition coefficient (Wildman–Crippen LogP) is 3.58. The van der Waals surface area contributed by atoms with E-state index in [2.05, 4.69) is 11.2 Å². The van der Waals surface area contributed by atoms with E-state index in [1.54, 1.807) is 18.3 Å². The van der Waals surface area contributed by atoms with Gasteiger partial charge < -0.3 is 10.9 Å². The first-order chi connectivity index (χ1) is 14.9. The Morgan fingerprint density at radius 1 is 0.875 bits per heavy atom. The van der Waals surface area contributed by atoms with Crippen molar-refractivity contribution in [3.05, 3.63) is 77.4 Å². The number of sulfonamides is 1. The van der Waals surface area contributed by atoms with E-state index in [0.717, 1.165) is 27.5 Å². The molecule has 0 aliphatic rings. The molecule has 0 atom stereocenters. The van der Waals surface area contributed by atoms with E-state index in [0.29, 0.717) is 0 Å². The van der Waals surface area contributed by atoms with Gasteiger partial charge in [0.2, 0.25) is 10.0 Å². The van der Waals surface area contributed by atoms with Gasteiger partial charge in [-0.05, 0) is 51.7 Å². The number of nitrogens with zero attached hydrogens (tertiary/aromatic N) is 1. The minimum atomic E-state index is -5.08. The van der Waals surface area contributed by atoms with Gasteiger partial charge in [-0.15, -0.1) is 0 Å². The lowest BCUT2D eigenvalue weighted by molar-refractivity contribution is -0.192. The Labute approximate surface area is 181 Å². The molecule has 3 rings (SSSR count). The van der Waals surface area contributed by atoms with Crippen LogP contribution in [-0.4, -0.2) is 31.9 Å². The molecule has 3 aromatic rings. The maximum absolute atomic E-state index is 11.3. The fraction of sp³-hybridized carbons (Fsp3) is 0.0476. The first kappa shape index (κ1) is 24.6. The summed E-state index contributed by atoms with van der Waals surface area (Å²) in [5.74, 6) is 2.42. The zero-order valence-corrected chi connectivity index (χ0v) is 17.1. The number of halogens is 3. The number of hydrazone groups is 1. The normalized spacial score (nSPS) is 12.1. The average Bonchev–Trinajstić information content (AvgIpc) is 2.72. The number of primary sulfonamides is 1. The second-order valence-electron chi connectivity index (χ2n) is 6.39. The fourth-order valence-corrected chi connectivity index (χ4v) is 3.03. The van der Waals surface area contributed by atoms with Crippen LogP contribution in [0.5, 0.6) is 0 Å². The van der Waals surface area contributed by atoms with Gasteiger partial charge in [-0.2, -0.15) is 18.3 Å². The van der Waals surface area contributed by atoms with Crippen LogP contribution in [0.3, 0.4) is 0 Å². The van der Waals surface area contributed by atoms with E-state index in [-0.39, 0.29) is 4.90 Å². The Kier molecular flexibility index (Phi) is 7.73. The van der Waals surface area contributed by atoms with Gasteiger partial charge in [-0.1, -0.05) is 48.6 Å². The van der Waals surface area contributed by atoms with Crippen LogP contribution in [0.25, 0.3) is 22.9 Å². The Bertz CT molecular complexity index is 1270. The molecule has 0 unspecified atom stereocenters. The van der Waals surface area contributed by atoms with Gasteiger partial charge in [-0.25, -0.2) is 18.4 Å². The molecule has 0 amide bonds. The number of alkyl halides is 3. The fourth-order valence-electron chi connectivity index (χ4n) is 2.51. The molecular weight excluding hydrogens is 447 g/mol. The molecule has 0 aliphatic carbocycles. The summed E-state index contributed by atoms with van der Waals surface area (Å²) in [7, 11) is -3.66. The van der Waals surface area contributed by atoms with Gasteiger partial charge in [0, 0.05) is 0 Å². The smallest absolute Gasteiger partial charge is 0.475 e. The first-order valence-electron chi connectivity index (χ1n) is 8.78. The third-order valence-corrected chi connectivity index (χ3v) is 4.96. The number of fused-ring (bicyclic) bond motifs is 1. The zero-order valence-electron chi connectivity index (χ0n) is 16.3. The summed E-state index contributed by atoms with van der Waals surface area (Å²) in [5.41, 5.74) is 2.89. The minimum absolute atomic E-state index is 0.104. The minimum Gasteiger partial charge on any atom is -0.475 e. The Morgan fingerprint density at radius 2 is 1.31 bits per heavy atom. The van der Waals surface area contributed by atoms with Crippen molar-refractivity contribution in [3.63, 3.8) is 0 Å². The molecule has 0 aliphatic heterocycles. The summed E-state index contributed by atoms with van der Waals surface area (Å²) in [6, 6.07) is 18.5. The van der Waals surface area contributed by atoms with Crippen LogP contribution in [0.2, 0.25) is 0 Å². The standard InChI is InChI=1S/C19H17N3O2S.C2HF3O2/c20-22-13-16-4-8-17-11-15(3-7-18(17)12-16)2-1-14-5-9-19(10-6-14)25(21,23)24;3-2(4,5)1(6)7/h1-13H,20H2,(H2,21,23,24);(H,6,7)/b2-1+,22-13-;. The van der Waals surface area contributed by atoms with Crippen LogP contribution in [0.15, 0.2) is 70.7 Å². The first-order valence-corrected chi connectivity index (χ1v) is 10.3. The number of aliphatic carboxylic acids is 1. The maximum Gasteiger partial charge on any atom is 0.490 e. The van der Waals surface area contributed by atoms with E-state index in [1.165, 1.54) is 12.1 Å². The van der Waals surface area contributed by atoms with Gasteiger partial charge >= 0.3 is 12.1 Å². The molecule has 32 heavy (non-hydrogen) atoms. The van der Waals surface area contributed by atoms with Crippen molar-refractivity contribution in [1.82, 2.24) is 0 Å². The molecule has 0 radical (unpaired) electrons. The van der Waals surface area contributed by atoms with E-state index in [4.69, 9.17) is 20.9 Å². The quantitative estimate of drug-likeness (QED) is 0.234. The topological polar surface area (TPSA) is 136 Å². The molecular formula is C21H18F3N3O4S. The van der Waals surface area contributed by atoms with Crippen molar-refractivity contribution in [2.75, 3.05) is 0 Å². The highest BCUT2D eigenvalue weighted by molar-refractivity contribution is 7.89. The number of hydrogen-bond donors (Lipinski definition) is 3. The number of hydrogen-bond acceptors (Lipinski definition) is 5. The van der Waals surface area contributed by atoms with Crippen molar-refractivity contribution in [3.8, 4) is 0 Å². The lowest BCUT2D eigenvalue weighted by atomic mass is 10.0. The van der Waals surface area contributed by atoms with Gasteiger partial charge in [-0.3, -0.25) is 0 Å². The summed E-state index contributed by atoms with van der Waals surface area (Å²) < 4.78 is 54.3. The van der Waals surface area contributed by atoms with Crippen molar-refractivity contribution in [2.24, 2.45) is 16.1 Å². The molecule has 0 saturated carbocycles. The highest BCUT2D eigenvalue weighted by Crippen LogP contribution is 2.19. The van der Waals surface area contributed by atoms with Gasteiger partial charge in [0.1, 0.15) is 0 Å². The van der Waals surface area contributed by atoms with Crippen molar-refractivity contribution in [1.29, 1.82) is 0 Å². The summed E-state index contributed by atoms with van der Waals surface area (Å²) in [4.78, 5) is 9.00. The summed E-state index contributed by atoms with van der Waals surface area (Å²) in [6.07, 6.45) is 0.419. The van der Waals surface area contributed by atoms with E-state index < -0.39 is 22.2 Å². The number of carboxylic acids is 1. The van der Waals surface area contributed by atoms with Crippen molar-refractivity contribution in [2.45, 2.75) is 11.1 Å². The van der Waals surface area contributed by atoms with E-state index >= 15 is 0 Å². The molecule has 0 spiro atoms. The van der Waals surface area contributed by atoms with Crippen LogP contribution in [0.4, 0.5) is 13.2 Å². The molecule has 0 fully saturated rings. The number of rotatable bonds is 4. The number of benzene rings is 3. The summed E-state index contributed by atoms with van der Waals surface area (Å²) in [6.45, 7) is 0. The maximum atomic E-state index is 11.3. The molecule has 0 aromatic heterocycles. The lowest BCUT2D eigenvalue weighted by Crippen LogP contribution is -2.21. The summed E-state index contributed by atoms with van der Waals surface area (Å²) in [5, 5.41) is 18.0. The number of nitrogens with two attached hydrogens (primary N) is 2. The van der Waals surface area contributed by atoms with E-state index in [1.807, 2.05) is 42.5 Å². The molecule has 11 heteroatoms. The Hall–Kier alpha value is -3.70. The third-order valence-electron chi connectivity index (χ3n) is 4.03. The lowest BCUT2D eigenvalue weighted by Gasteiger charge is -2.02. The Balaban J connectivity index is 0.000000451. The van der Waals surface area contributed by atoms with Crippen LogP contribution < -0.4 is 11.0 Å². The third kappa shape index (κ3) is 7.22. The van der Waals surface area contributed by atoms with Crippen LogP contribution >= 0.6 is 0 Å². The average molecular weight is 465 g/mol. The molecule has 0 bridgehead atoms. The number of carbonyl (C=O) groups is 1. The highest BCUT2D eigenvalue weighted by Gasteiger charge is 2.38. The zero-order chi connectivity index (χ0) is 23.9. The molecule has 3 aromatic carbocycles. The molecule has 5 N–H and O–H groups in total. The van der Waals surface area contributed by atoms with E-state index in [9.17, 15) is 21.6 Å². The molecule has 168 valence electrons. The molecule has 7 nitrogen and oxygen atoms in total. The monoisotopic (exact) mass is 465 g/mol. The van der Waals surface area contributed by atoms with Crippen LogP contribution in [-0.2, 0) is 14.8 Å². The van der Waals surface area contributed by atoms with Crippen LogP contribution in [0, 0.1) is 0 Å². The second-order valence-corrected chi connectivity index (χ2v) is 7.96.